The fourth-order valence-electron chi connectivity index (χ4n) is 1.06. The fourth-order valence-corrected chi connectivity index (χ4v) is 1.94. The molecular formula is C11H8BrClO4. The molecule has 0 unspecified atom stereocenters. The molecule has 0 amide bonds. The first-order chi connectivity index (χ1) is 7.95. The molecule has 1 aromatic carbocycles. The summed E-state index contributed by atoms with van der Waals surface area (Å²) in [7, 11) is 1.09. The van der Waals surface area contributed by atoms with Crippen molar-refractivity contribution in [1.29, 1.82) is 0 Å². The zero-order valence-corrected chi connectivity index (χ0v) is 11.1. The molecule has 0 spiro atoms. The third-order valence-corrected chi connectivity index (χ3v) is 2.75. The van der Waals surface area contributed by atoms with E-state index >= 15 is 0 Å². The minimum Gasteiger partial charge on any atom is -0.507 e. The molecule has 1 N–H and O–H groups in total. The van der Waals surface area contributed by atoms with Gasteiger partial charge in [-0.15, -0.1) is 0 Å². The summed E-state index contributed by atoms with van der Waals surface area (Å²) in [6.07, 6.45) is 0.791. The number of halogens is 2. The van der Waals surface area contributed by atoms with E-state index in [0.717, 1.165) is 13.2 Å². The number of ketones is 1. The highest BCUT2D eigenvalue weighted by Gasteiger charge is 2.14. The molecular weight excluding hydrogens is 311 g/mol. The van der Waals surface area contributed by atoms with Crippen molar-refractivity contribution in [2.24, 2.45) is 0 Å². The van der Waals surface area contributed by atoms with E-state index in [1.165, 1.54) is 6.07 Å². The van der Waals surface area contributed by atoms with Crippen LogP contribution in [0.1, 0.15) is 5.56 Å². The van der Waals surface area contributed by atoms with E-state index in [4.69, 9.17) is 11.6 Å². The lowest BCUT2D eigenvalue weighted by molar-refractivity contribution is -0.149. The number of rotatable bonds is 3. The van der Waals surface area contributed by atoms with Crippen molar-refractivity contribution in [3.8, 4) is 0 Å². The summed E-state index contributed by atoms with van der Waals surface area (Å²) in [6.45, 7) is 0. The second kappa shape index (κ2) is 5.84. The molecule has 0 aliphatic carbocycles. The van der Waals surface area contributed by atoms with Crippen LogP contribution in [0.15, 0.2) is 28.7 Å². The average molecular weight is 320 g/mol. The lowest BCUT2D eigenvalue weighted by Crippen LogP contribution is -2.13. The highest BCUT2D eigenvalue weighted by Crippen LogP contribution is 2.26. The molecule has 0 aromatic heterocycles. The number of aliphatic hydroxyl groups is 1. The maximum Gasteiger partial charge on any atom is 0.378 e. The first-order valence-electron chi connectivity index (χ1n) is 4.44. The molecule has 0 fully saturated rings. The predicted octanol–water partition coefficient (Wildman–Crippen LogP) is 2.74. The SMILES string of the molecule is COC(=O)C(=O)C=C(O)c1ccc(Cl)cc1Br. The van der Waals surface area contributed by atoms with Crippen molar-refractivity contribution in [2.45, 2.75) is 0 Å². The van der Waals surface area contributed by atoms with Gasteiger partial charge in [0.05, 0.1) is 7.11 Å². The Balaban J connectivity index is 3.04. The monoisotopic (exact) mass is 318 g/mol. The van der Waals surface area contributed by atoms with Crippen LogP contribution in [-0.2, 0) is 14.3 Å². The number of benzene rings is 1. The summed E-state index contributed by atoms with van der Waals surface area (Å²) in [5, 5.41) is 10.1. The van der Waals surface area contributed by atoms with Gasteiger partial charge in [-0.3, -0.25) is 4.79 Å². The van der Waals surface area contributed by atoms with Crippen molar-refractivity contribution in [3.05, 3.63) is 39.3 Å². The predicted molar refractivity (Wildman–Crippen MR) is 66.8 cm³/mol. The maximum absolute atomic E-state index is 11.2. The van der Waals surface area contributed by atoms with Crippen LogP contribution in [0.25, 0.3) is 5.76 Å². The summed E-state index contributed by atoms with van der Waals surface area (Å²) in [5.41, 5.74) is 0.353. The van der Waals surface area contributed by atoms with Crippen molar-refractivity contribution >= 4 is 45.0 Å². The second-order valence-electron chi connectivity index (χ2n) is 3.01. The van der Waals surface area contributed by atoms with Crippen LogP contribution in [0.2, 0.25) is 5.02 Å². The minimum absolute atomic E-state index is 0.344. The molecule has 1 rings (SSSR count). The third kappa shape index (κ3) is 3.57. The Hall–Kier alpha value is -1.33. The Morgan fingerprint density at radius 1 is 1.47 bits per heavy atom. The molecule has 0 bridgehead atoms. The third-order valence-electron chi connectivity index (χ3n) is 1.86. The van der Waals surface area contributed by atoms with Crippen LogP contribution in [0.4, 0.5) is 0 Å². The molecule has 0 radical (unpaired) electrons. The van der Waals surface area contributed by atoms with Crippen molar-refractivity contribution in [1.82, 2.24) is 0 Å². The molecule has 0 atom stereocenters. The molecule has 1 aromatic rings. The van der Waals surface area contributed by atoms with E-state index in [-0.39, 0.29) is 5.76 Å². The van der Waals surface area contributed by atoms with E-state index in [1.54, 1.807) is 12.1 Å². The maximum atomic E-state index is 11.2. The summed E-state index contributed by atoms with van der Waals surface area (Å²) in [5.74, 6) is -2.32. The molecule has 0 saturated carbocycles. The lowest BCUT2D eigenvalue weighted by atomic mass is 10.1. The Labute approximate surface area is 111 Å². The quantitative estimate of drug-likeness (QED) is 0.403. The number of methoxy groups -OCH3 is 1. The number of carbonyl (C=O) groups is 2. The van der Waals surface area contributed by atoms with E-state index in [9.17, 15) is 14.7 Å². The Kier molecular flexibility index (Phi) is 4.72. The van der Waals surface area contributed by atoms with Gasteiger partial charge < -0.3 is 9.84 Å². The molecule has 0 aliphatic rings. The Morgan fingerprint density at radius 3 is 2.65 bits per heavy atom. The molecule has 90 valence electrons. The Morgan fingerprint density at radius 2 is 2.12 bits per heavy atom. The number of aliphatic hydroxyl groups excluding tert-OH is 1. The molecule has 0 saturated heterocycles. The van der Waals surface area contributed by atoms with Crippen molar-refractivity contribution in [3.63, 3.8) is 0 Å². The van der Waals surface area contributed by atoms with Crippen molar-refractivity contribution < 1.29 is 19.4 Å². The lowest BCUT2D eigenvalue weighted by Gasteiger charge is -2.03. The van der Waals surface area contributed by atoms with Gasteiger partial charge >= 0.3 is 5.97 Å². The normalized spacial score (nSPS) is 11.1. The van der Waals surface area contributed by atoms with Gasteiger partial charge in [0.2, 0.25) is 0 Å². The summed E-state index contributed by atoms with van der Waals surface area (Å²) < 4.78 is 4.73. The van der Waals surface area contributed by atoms with E-state index in [1.807, 2.05) is 0 Å². The summed E-state index contributed by atoms with van der Waals surface area (Å²) in [6, 6.07) is 4.63. The molecule has 17 heavy (non-hydrogen) atoms. The standard InChI is InChI=1S/C11H8BrClO4/c1-17-11(16)10(15)5-9(14)7-3-2-6(13)4-8(7)12/h2-5,14H,1H3. The van der Waals surface area contributed by atoms with Gasteiger partial charge in [0.25, 0.3) is 5.78 Å². The number of hydrogen-bond donors (Lipinski definition) is 1. The van der Waals surface area contributed by atoms with E-state index in [0.29, 0.717) is 15.1 Å². The van der Waals surface area contributed by atoms with Crippen molar-refractivity contribution in [2.75, 3.05) is 7.11 Å². The molecule has 0 heterocycles. The Bertz CT molecular complexity index is 496. The van der Waals surface area contributed by atoms with Crippen LogP contribution < -0.4 is 0 Å². The molecule has 0 aliphatic heterocycles. The number of carbonyl (C=O) groups excluding carboxylic acids is 2. The van der Waals surface area contributed by atoms with Crippen LogP contribution in [0, 0.1) is 0 Å². The summed E-state index contributed by atoms with van der Waals surface area (Å²) in [4.78, 5) is 22.0. The van der Waals surface area contributed by atoms with Crippen LogP contribution >= 0.6 is 27.5 Å². The van der Waals surface area contributed by atoms with Crippen LogP contribution in [0.3, 0.4) is 0 Å². The smallest absolute Gasteiger partial charge is 0.378 e. The van der Waals surface area contributed by atoms with Gasteiger partial charge in [-0.05, 0) is 34.1 Å². The zero-order chi connectivity index (χ0) is 13.0. The van der Waals surface area contributed by atoms with E-state index < -0.39 is 11.8 Å². The number of ether oxygens (including phenoxy) is 1. The second-order valence-corrected chi connectivity index (χ2v) is 4.30. The molecule has 4 nitrogen and oxygen atoms in total. The number of hydrogen-bond acceptors (Lipinski definition) is 4. The molecule has 6 heteroatoms. The number of esters is 1. The first-order valence-corrected chi connectivity index (χ1v) is 5.61. The fraction of sp³-hybridized carbons (Fsp3) is 0.0909. The van der Waals surface area contributed by atoms with Gasteiger partial charge in [0, 0.05) is 21.1 Å². The van der Waals surface area contributed by atoms with Gasteiger partial charge in [-0.1, -0.05) is 11.6 Å². The highest BCUT2D eigenvalue weighted by molar-refractivity contribution is 9.10. The average Bonchev–Trinajstić information content (AvgIpc) is 2.27. The van der Waals surface area contributed by atoms with Gasteiger partial charge in [0.15, 0.2) is 0 Å². The zero-order valence-electron chi connectivity index (χ0n) is 8.74. The highest BCUT2D eigenvalue weighted by atomic mass is 79.9. The van der Waals surface area contributed by atoms with Crippen LogP contribution in [-0.4, -0.2) is 24.0 Å². The summed E-state index contributed by atoms with van der Waals surface area (Å²) >= 11 is 8.91. The topological polar surface area (TPSA) is 63.6 Å². The largest absolute Gasteiger partial charge is 0.507 e. The first kappa shape index (κ1) is 13.7. The van der Waals surface area contributed by atoms with Crippen LogP contribution in [0.5, 0.6) is 0 Å². The minimum atomic E-state index is -1.04. The van der Waals surface area contributed by atoms with Gasteiger partial charge in [-0.2, -0.15) is 0 Å². The van der Waals surface area contributed by atoms with E-state index in [2.05, 4.69) is 20.7 Å². The van der Waals surface area contributed by atoms with Gasteiger partial charge in [0.1, 0.15) is 5.76 Å². The van der Waals surface area contributed by atoms with Gasteiger partial charge in [-0.25, -0.2) is 4.79 Å².